The molecule has 0 amide bonds. The molecule has 2 rings (SSSR count). The van der Waals surface area contributed by atoms with Crippen molar-refractivity contribution in [1.29, 1.82) is 0 Å². The minimum atomic E-state index is 0.444. The third-order valence-corrected chi connectivity index (χ3v) is 4.13. The van der Waals surface area contributed by atoms with E-state index in [2.05, 4.69) is 35.2 Å². The zero-order valence-electron chi connectivity index (χ0n) is 11.4. The molecule has 1 unspecified atom stereocenters. The molecular weight excluding hydrogens is 246 g/mol. The fourth-order valence-corrected chi connectivity index (χ4v) is 2.70. The van der Waals surface area contributed by atoms with E-state index in [4.69, 9.17) is 11.6 Å². The summed E-state index contributed by atoms with van der Waals surface area (Å²) in [5, 5.41) is 4.09. The average molecular weight is 268 g/mol. The van der Waals surface area contributed by atoms with Crippen molar-refractivity contribution in [2.75, 3.05) is 25.5 Å². The summed E-state index contributed by atoms with van der Waals surface area (Å²) in [6.07, 6.45) is 4.30. The Hall–Kier alpha value is -0.800. The highest BCUT2D eigenvalue weighted by Gasteiger charge is 2.22. The second-order valence-corrected chi connectivity index (χ2v) is 5.78. The molecule has 0 spiro atoms. The second-order valence-electron chi connectivity index (χ2n) is 5.42. The highest BCUT2D eigenvalue weighted by molar-refractivity contribution is 6.31. The van der Waals surface area contributed by atoms with Gasteiger partial charge in [-0.25, -0.2) is 4.98 Å². The smallest absolute Gasteiger partial charge is 0.152 e. The van der Waals surface area contributed by atoms with E-state index in [1.54, 1.807) is 6.20 Å². The lowest BCUT2D eigenvalue weighted by Gasteiger charge is -2.33. The zero-order valence-corrected chi connectivity index (χ0v) is 12.2. The number of likely N-dealkylation sites (tertiary alicyclic amines) is 1. The SMILES string of the molecule is Cc1cnc(Cl)c(NC(C)C2CCN(C)CC2)c1. The average Bonchev–Trinajstić information content (AvgIpc) is 2.34. The van der Waals surface area contributed by atoms with Gasteiger partial charge in [0, 0.05) is 12.2 Å². The van der Waals surface area contributed by atoms with Crippen molar-refractivity contribution in [3.8, 4) is 0 Å². The first-order chi connectivity index (χ1) is 8.56. The van der Waals surface area contributed by atoms with Crippen LogP contribution < -0.4 is 5.32 Å². The Kier molecular flexibility index (Phi) is 4.46. The minimum absolute atomic E-state index is 0.444. The highest BCUT2D eigenvalue weighted by Crippen LogP contribution is 2.26. The van der Waals surface area contributed by atoms with Crippen LogP contribution >= 0.6 is 11.6 Å². The third-order valence-electron chi connectivity index (χ3n) is 3.83. The number of anilines is 1. The summed E-state index contributed by atoms with van der Waals surface area (Å²) >= 11 is 6.12. The van der Waals surface area contributed by atoms with E-state index < -0.39 is 0 Å². The molecule has 3 nitrogen and oxygen atoms in total. The number of rotatable bonds is 3. The van der Waals surface area contributed by atoms with Gasteiger partial charge in [0.2, 0.25) is 0 Å². The topological polar surface area (TPSA) is 28.2 Å². The fraction of sp³-hybridized carbons (Fsp3) is 0.643. The molecule has 4 heteroatoms. The van der Waals surface area contributed by atoms with E-state index in [1.165, 1.54) is 25.9 Å². The van der Waals surface area contributed by atoms with Gasteiger partial charge in [-0.15, -0.1) is 0 Å². The molecule has 1 fully saturated rings. The summed E-state index contributed by atoms with van der Waals surface area (Å²) in [7, 11) is 2.19. The molecule has 100 valence electrons. The first kappa shape index (κ1) is 13.6. The van der Waals surface area contributed by atoms with Crippen LogP contribution in [0.2, 0.25) is 5.15 Å². The van der Waals surface area contributed by atoms with Crippen molar-refractivity contribution >= 4 is 17.3 Å². The molecule has 1 aliphatic heterocycles. The summed E-state index contributed by atoms with van der Waals surface area (Å²) in [5.41, 5.74) is 2.10. The molecule has 2 heterocycles. The molecule has 0 saturated carbocycles. The molecule has 18 heavy (non-hydrogen) atoms. The maximum absolute atomic E-state index is 6.12. The number of hydrogen-bond acceptors (Lipinski definition) is 3. The van der Waals surface area contributed by atoms with Gasteiger partial charge in [-0.2, -0.15) is 0 Å². The Morgan fingerprint density at radius 3 is 2.78 bits per heavy atom. The van der Waals surface area contributed by atoms with Crippen LogP contribution in [0, 0.1) is 12.8 Å². The Morgan fingerprint density at radius 1 is 1.44 bits per heavy atom. The van der Waals surface area contributed by atoms with Gasteiger partial charge in [-0.1, -0.05) is 11.6 Å². The summed E-state index contributed by atoms with van der Waals surface area (Å²) in [5.74, 6) is 0.720. The van der Waals surface area contributed by atoms with Crippen LogP contribution in [0.25, 0.3) is 0 Å². The predicted molar refractivity (Wildman–Crippen MR) is 77.3 cm³/mol. The molecule has 0 aromatic carbocycles. The van der Waals surface area contributed by atoms with Gasteiger partial charge < -0.3 is 10.2 Å². The first-order valence-corrected chi connectivity index (χ1v) is 7.01. The zero-order chi connectivity index (χ0) is 13.1. The van der Waals surface area contributed by atoms with Crippen LogP contribution in [-0.2, 0) is 0 Å². The van der Waals surface area contributed by atoms with E-state index in [1.807, 2.05) is 6.92 Å². The summed E-state index contributed by atoms with van der Waals surface area (Å²) < 4.78 is 0. The second kappa shape index (κ2) is 5.89. The molecule has 1 aromatic heterocycles. The van der Waals surface area contributed by atoms with Crippen LogP contribution in [0.3, 0.4) is 0 Å². The lowest BCUT2D eigenvalue weighted by molar-refractivity contribution is 0.208. The standard InChI is InChI=1S/C14H22ClN3/c1-10-8-13(14(15)16-9-10)17-11(2)12-4-6-18(3)7-5-12/h8-9,11-12,17H,4-7H2,1-3H3. The van der Waals surface area contributed by atoms with Crippen LogP contribution in [0.15, 0.2) is 12.3 Å². The fourth-order valence-electron chi connectivity index (χ4n) is 2.55. The van der Waals surface area contributed by atoms with Crippen molar-refractivity contribution in [3.63, 3.8) is 0 Å². The van der Waals surface area contributed by atoms with Gasteiger partial charge in [0.05, 0.1) is 5.69 Å². The van der Waals surface area contributed by atoms with Crippen LogP contribution in [0.1, 0.15) is 25.3 Å². The number of hydrogen-bond donors (Lipinski definition) is 1. The van der Waals surface area contributed by atoms with Crippen LogP contribution in [0.4, 0.5) is 5.69 Å². The molecule has 1 N–H and O–H groups in total. The van der Waals surface area contributed by atoms with E-state index in [-0.39, 0.29) is 0 Å². The van der Waals surface area contributed by atoms with Gasteiger partial charge >= 0.3 is 0 Å². The normalized spacial score (nSPS) is 19.8. The Labute approximate surface area is 115 Å². The number of pyridine rings is 1. The van der Waals surface area contributed by atoms with Crippen LogP contribution in [0.5, 0.6) is 0 Å². The van der Waals surface area contributed by atoms with E-state index in [9.17, 15) is 0 Å². The van der Waals surface area contributed by atoms with E-state index in [0.29, 0.717) is 11.2 Å². The van der Waals surface area contributed by atoms with E-state index >= 15 is 0 Å². The van der Waals surface area contributed by atoms with Gasteiger partial charge in [-0.05, 0) is 64.4 Å². The number of halogens is 1. The minimum Gasteiger partial charge on any atom is -0.380 e. The molecule has 0 radical (unpaired) electrons. The summed E-state index contributed by atoms with van der Waals surface area (Å²) in [4.78, 5) is 6.58. The van der Waals surface area contributed by atoms with E-state index in [0.717, 1.165) is 17.2 Å². The number of aromatic nitrogens is 1. The van der Waals surface area contributed by atoms with Gasteiger partial charge in [-0.3, -0.25) is 0 Å². The molecular formula is C14H22ClN3. The first-order valence-electron chi connectivity index (χ1n) is 6.63. The van der Waals surface area contributed by atoms with Crippen molar-refractivity contribution in [3.05, 3.63) is 23.0 Å². The molecule has 1 aromatic rings. The largest absolute Gasteiger partial charge is 0.380 e. The number of nitrogens with one attached hydrogen (secondary N) is 1. The molecule has 1 saturated heterocycles. The quantitative estimate of drug-likeness (QED) is 0.853. The van der Waals surface area contributed by atoms with Crippen molar-refractivity contribution in [2.24, 2.45) is 5.92 Å². The summed E-state index contributed by atoms with van der Waals surface area (Å²) in [6.45, 7) is 6.66. The van der Waals surface area contributed by atoms with Gasteiger partial charge in [0.15, 0.2) is 5.15 Å². The molecule has 1 atom stereocenters. The number of piperidine rings is 1. The Bertz CT molecular complexity index is 400. The number of nitrogens with zero attached hydrogens (tertiary/aromatic N) is 2. The lowest BCUT2D eigenvalue weighted by Crippen LogP contribution is -2.37. The third kappa shape index (κ3) is 3.36. The highest BCUT2D eigenvalue weighted by atomic mass is 35.5. The molecule has 0 bridgehead atoms. The molecule has 1 aliphatic rings. The molecule has 0 aliphatic carbocycles. The van der Waals surface area contributed by atoms with Crippen molar-refractivity contribution < 1.29 is 0 Å². The maximum atomic E-state index is 6.12. The van der Waals surface area contributed by atoms with Gasteiger partial charge in [0.25, 0.3) is 0 Å². The number of aryl methyl sites for hydroxylation is 1. The maximum Gasteiger partial charge on any atom is 0.152 e. The van der Waals surface area contributed by atoms with Crippen LogP contribution in [-0.4, -0.2) is 36.1 Å². The Morgan fingerprint density at radius 2 is 2.11 bits per heavy atom. The lowest BCUT2D eigenvalue weighted by atomic mass is 9.90. The van der Waals surface area contributed by atoms with Crippen molar-refractivity contribution in [1.82, 2.24) is 9.88 Å². The predicted octanol–water partition coefficient (Wildman–Crippen LogP) is 3.19. The summed E-state index contributed by atoms with van der Waals surface area (Å²) in [6, 6.07) is 2.51. The van der Waals surface area contributed by atoms with Gasteiger partial charge in [0.1, 0.15) is 0 Å². The monoisotopic (exact) mass is 267 g/mol. The Balaban J connectivity index is 1.98. The van der Waals surface area contributed by atoms with Crippen molar-refractivity contribution in [2.45, 2.75) is 32.7 Å².